The number of rotatable bonds is 0. The smallest absolute Gasteiger partial charge is 0.0687 e. The zero-order valence-electron chi connectivity index (χ0n) is 6.25. The van der Waals surface area contributed by atoms with Crippen molar-refractivity contribution in [1.82, 2.24) is 0 Å². The first-order valence-electron chi connectivity index (χ1n) is 3.94. The minimum Gasteiger partial charge on any atom is -0.258 e. The topological polar surface area (TPSA) is 34.1 Å². The fraction of sp³-hybridized carbons (Fsp3) is 0.500. The Kier molecular flexibility index (Phi) is 1.31. The lowest BCUT2D eigenvalue weighted by atomic mass is 9.94. The second kappa shape index (κ2) is 2.17. The summed E-state index contributed by atoms with van der Waals surface area (Å²) in [5, 5.41) is 2.11. The van der Waals surface area contributed by atoms with E-state index in [-0.39, 0.29) is 15.7 Å². The molecule has 3 aliphatic heterocycles. The van der Waals surface area contributed by atoms with Crippen LogP contribution in [0.5, 0.6) is 0 Å². The minimum absolute atomic E-state index is 0.0656. The van der Waals surface area contributed by atoms with Crippen LogP contribution in [0.2, 0.25) is 0 Å². The van der Waals surface area contributed by atoms with Gasteiger partial charge in [-0.2, -0.15) is 0 Å². The molecule has 2 bridgehead atoms. The molecule has 0 amide bonds. The van der Waals surface area contributed by atoms with E-state index in [0.29, 0.717) is 5.92 Å². The van der Waals surface area contributed by atoms with E-state index in [0.717, 1.165) is 0 Å². The second-order valence-electron chi connectivity index (χ2n) is 3.34. The van der Waals surface area contributed by atoms with Crippen molar-refractivity contribution in [2.45, 2.75) is 15.7 Å². The van der Waals surface area contributed by atoms with Gasteiger partial charge < -0.3 is 0 Å². The van der Waals surface area contributed by atoms with Crippen molar-refractivity contribution in [2.75, 3.05) is 0 Å². The molecule has 3 heterocycles. The molecule has 0 spiro atoms. The lowest BCUT2D eigenvalue weighted by Gasteiger charge is -2.15. The van der Waals surface area contributed by atoms with Gasteiger partial charge in [-0.05, 0) is 5.41 Å². The van der Waals surface area contributed by atoms with Crippen LogP contribution in [-0.4, -0.2) is 24.2 Å². The van der Waals surface area contributed by atoms with Crippen LogP contribution in [0.3, 0.4) is 0 Å². The van der Waals surface area contributed by atoms with Gasteiger partial charge >= 0.3 is 0 Å². The van der Waals surface area contributed by atoms with Crippen LogP contribution in [0.15, 0.2) is 23.6 Å². The Hall–Kier alpha value is -0.220. The third kappa shape index (κ3) is 0.661. The summed E-state index contributed by atoms with van der Waals surface area (Å²) in [5.74, 6) is 0.293. The summed E-state index contributed by atoms with van der Waals surface area (Å²) in [6.07, 6.45) is 5.98. The molecule has 4 heteroatoms. The Morgan fingerprint density at radius 1 is 1.00 bits per heavy atom. The number of hydrogen-bond donors (Lipinski definition) is 0. The van der Waals surface area contributed by atoms with Gasteiger partial charge in [0, 0.05) is 16.7 Å². The molecule has 0 N–H and O–H groups in total. The molecule has 3 aliphatic rings. The van der Waals surface area contributed by atoms with Crippen LogP contribution in [-0.2, 0) is 21.6 Å². The van der Waals surface area contributed by atoms with Crippen LogP contribution in [0.1, 0.15) is 0 Å². The molecule has 0 aromatic rings. The molecule has 0 aliphatic carbocycles. The van der Waals surface area contributed by atoms with Crippen LogP contribution in [0.4, 0.5) is 0 Å². The van der Waals surface area contributed by atoms with E-state index in [9.17, 15) is 8.42 Å². The Balaban J connectivity index is 2.13. The predicted molar refractivity (Wildman–Crippen MR) is 49.4 cm³/mol. The summed E-state index contributed by atoms with van der Waals surface area (Å²) in [4.78, 5) is 0. The zero-order valence-corrected chi connectivity index (χ0v) is 7.88. The third-order valence-corrected chi connectivity index (χ3v) is 6.55. The quantitative estimate of drug-likeness (QED) is 0.528. The fourth-order valence-corrected chi connectivity index (χ4v) is 6.32. The third-order valence-electron chi connectivity index (χ3n) is 2.81. The maximum Gasteiger partial charge on any atom is 0.0687 e. The van der Waals surface area contributed by atoms with E-state index in [2.05, 4.69) is 0 Å². The van der Waals surface area contributed by atoms with E-state index in [4.69, 9.17) is 0 Å². The molecule has 0 aromatic carbocycles. The van der Waals surface area contributed by atoms with E-state index in [1.807, 2.05) is 18.2 Å². The van der Waals surface area contributed by atoms with Crippen molar-refractivity contribution in [3.63, 3.8) is 0 Å². The summed E-state index contributed by atoms with van der Waals surface area (Å²) >= 11 is 0. The molecule has 1 saturated heterocycles. The normalized spacial score (nSPS) is 59.7. The molecular formula is C8H8O2S2. The first-order valence-corrected chi connectivity index (χ1v) is 6.50. The van der Waals surface area contributed by atoms with E-state index in [1.54, 1.807) is 5.41 Å². The van der Waals surface area contributed by atoms with E-state index >= 15 is 0 Å². The number of hydrogen-bond acceptors (Lipinski definition) is 2. The van der Waals surface area contributed by atoms with E-state index in [1.165, 1.54) is 0 Å². The highest BCUT2D eigenvalue weighted by Gasteiger charge is 2.53. The summed E-state index contributed by atoms with van der Waals surface area (Å²) in [7, 11) is -1.66. The highest BCUT2D eigenvalue weighted by atomic mass is 32.2. The minimum atomic E-state index is -0.873. The van der Waals surface area contributed by atoms with E-state index < -0.39 is 21.6 Å². The molecule has 2 unspecified atom stereocenters. The number of allylic oxidation sites excluding steroid dienone is 1. The average Bonchev–Trinajstić information content (AvgIpc) is 2.66. The largest absolute Gasteiger partial charge is 0.258 e. The van der Waals surface area contributed by atoms with Crippen molar-refractivity contribution in [3.05, 3.63) is 23.6 Å². The SMILES string of the molecule is O=S1C=C[C@@H]2[C@H]1[C@@H]1C=C[C@H]2S1=O. The van der Waals surface area contributed by atoms with Gasteiger partial charge in [0.15, 0.2) is 0 Å². The number of fused-ring (bicyclic) bond motifs is 5. The average molecular weight is 200 g/mol. The maximum absolute atomic E-state index is 11.6. The maximum atomic E-state index is 11.6. The van der Waals surface area contributed by atoms with Gasteiger partial charge in [-0.1, -0.05) is 18.2 Å². The fourth-order valence-electron chi connectivity index (χ4n) is 2.25. The first kappa shape index (κ1) is 7.21. The van der Waals surface area contributed by atoms with Crippen LogP contribution < -0.4 is 0 Å². The van der Waals surface area contributed by atoms with Gasteiger partial charge in [-0.15, -0.1) is 0 Å². The summed E-state index contributed by atoms with van der Waals surface area (Å²) in [6.45, 7) is 0. The predicted octanol–water partition coefficient (Wildman–Crippen LogP) is 0.317. The molecular weight excluding hydrogens is 192 g/mol. The Bertz CT molecular complexity index is 345. The summed E-state index contributed by atoms with van der Waals surface area (Å²) in [5.41, 5.74) is 0. The summed E-state index contributed by atoms with van der Waals surface area (Å²) < 4.78 is 23.1. The lowest BCUT2D eigenvalue weighted by Crippen LogP contribution is -2.27. The summed E-state index contributed by atoms with van der Waals surface area (Å²) in [6, 6.07) is 0. The highest BCUT2D eigenvalue weighted by Crippen LogP contribution is 2.43. The molecule has 12 heavy (non-hydrogen) atoms. The van der Waals surface area contributed by atoms with Gasteiger partial charge in [0.25, 0.3) is 0 Å². The molecule has 1 fully saturated rings. The van der Waals surface area contributed by atoms with Crippen LogP contribution in [0.25, 0.3) is 0 Å². The van der Waals surface area contributed by atoms with Crippen molar-refractivity contribution < 1.29 is 8.42 Å². The van der Waals surface area contributed by atoms with Crippen molar-refractivity contribution in [1.29, 1.82) is 0 Å². The molecule has 3 rings (SSSR count). The Morgan fingerprint density at radius 2 is 1.75 bits per heavy atom. The molecule has 0 saturated carbocycles. The molecule has 0 aromatic heterocycles. The second-order valence-corrected chi connectivity index (χ2v) is 6.56. The first-order chi connectivity index (χ1) is 5.79. The van der Waals surface area contributed by atoms with Gasteiger partial charge in [-0.3, -0.25) is 8.42 Å². The van der Waals surface area contributed by atoms with Gasteiger partial charge in [0.05, 0.1) is 26.5 Å². The van der Waals surface area contributed by atoms with Crippen molar-refractivity contribution >= 4 is 21.6 Å². The van der Waals surface area contributed by atoms with Gasteiger partial charge in [-0.25, -0.2) is 0 Å². The molecule has 6 atom stereocenters. The standard InChI is InChI=1S/C8H8O2S2/c9-11-4-3-5-6-1-2-7(8(5)11)12(6)10/h1-8H/t5-,6+,7-,8-,11?,12?/m0/s1. The Labute approximate surface area is 75.6 Å². The Morgan fingerprint density at radius 3 is 2.50 bits per heavy atom. The van der Waals surface area contributed by atoms with Crippen LogP contribution in [0, 0.1) is 5.92 Å². The highest BCUT2D eigenvalue weighted by molar-refractivity contribution is 7.93. The molecule has 2 nitrogen and oxygen atoms in total. The monoisotopic (exact) mass is 200 g/mol. The molecule has 0 radical (unpaired) electrons. The van der Waals surface area contributed by atoms with Crippen molar-refractivity contribution in [2.24, 2.45) is 5.92 Å². The van der Waals surface area contributed by atoms with Gasteiger partial charge in [0.1, 0.15) is 0 Å². The zero-order chi connectivity index (χ0) is 8.29. The lowest BCUT2D eigenvalue weighted by molar-refractivity contribution is 0.632. The molecule has 64 valence electrons. The van der Waals surface area contributed by atoms with Crippen LogP contribution >= 0.6 is 0 Å². The van der Waals surface area contributed by atoms with Gasteiger partial charge in [0.2, 0.25) is 0 Å². The van der Waals surface area contributed by atoms with Crippen molar-refractivity contribution in [3.8, 4) is 0 Å².